The van der Waals surface area contributed by atoms with Crippen LogP contribution in [0.25, 0.3) is 0 Å². The fraction of sp³-hybridized carbons (Fsp3) is 0.625. The van der Waals surface area contributed by atoms with Crippen LogP contribution >= 0.6 is 11.6 Å². The zero-order valence-corrected chi connectivity index (χ0v) is 7.38. The second-order valence-corrected chi connectivity index (χ2v) is 3.21. The quantitative estimate of drug-likeness (QED) is 0.736. The fourth-order valence-corrected chi connectivity index (χ4v) is 1.38. The Labute approximate surface area is 76.0 Å². The SMILES string of the molecule is O=C(O)C1(C/C=C/Cl)CCOC1. The third-order valence-electron chi connectivity index (χ3n) is 2.15. The second kappa shape index (κ2) is 3.92. The maximum absolute atomic E-state index is 10.9. The molecule has 0 aliphatic carbocycles. The number of carboxylic acid groups (broad SMARTS) is 1. The van der Waals surface area contributed by atoms with Crippen molar-refractivity contribution in [1.29, 1.82) is 0 Å². The molecule has 0 radical (unpaired) electrons. The first-order valence-electron chi connectivity index (χ1n) is 3.78. The van der Waals surface area contributed by atoms with Gasteiger partial charge in [0.05, 0.1) is 12.0 Å². The first-order valence-corrected chi connectivity index (χ1v) is 4.21. The lowest BCUT2D eigenvalue weighted by Gasteiger charge is -2.19. The molecule has 1 heterocycles. The molecule has 1 atom stereocenters. The van der Waals surface area contributed by atoms with Crippen LogP contribution < -0.4 is 0 Å². The van der Waals surface area contributed by atoms with E-state index in [1.165, 1.54) is 5.54 Å². The third-order valence-corrected chi connectivity index (χ3v) is 2.33. The van der Waals surface area contributed by atoms with Crippen LogP contribution in [0.3, 0.4) is 0 Å². The fourth-order valence-electron chi connectivity index (χ4n) is 1.29. The number of hydrogen-bond donors (Lipinski definition) is 1. The average Bonchev–Trinajstić information content (AvgIpc) is 2.50. The van der Waals surface area contributed by atoms with E-state index in [0.717, 1.165) is 0 Å². The Morgan fingerprint density at radius 1 is 1.75 bits per heavy atom. The molecular weight excluding hydrogens is 180 g/mol. The van der Waals surface area contributed by atoms with Crippen LogP contribution in [0, 0.1) is 5.41 Å². The van der Waals surface area contributed by atoms with E-state index in [0.29, 0.717) is 26.1 Å². The molecule has 0 aromatic heterocycles. The maximum Gasteiger partial charge on any atom is 0.312 e. The van der Waals surface area contributed by atoms with Gasteiger partial charge in [-0.25, -0.2) is 0 Å². The van der Waals surface area contributed by atoms with Gasteiger partial charge in [0.1, 0.15) is 0 Å². The summed E-state index contributed by atoms with van der Waals surface area (Å²) in [5, 5.41) is 8.93. The highest BCUT2D eigenvalue weighted by molar-refractivity contribution is 6.25. The predicted molar refractivity (Wildman–Crippen MR) is 45.1 cm³/mol. The number of carbonyl (C=O) groups is 1. The van der Waals surface area contributed by atoms with E-state index in [-0.39, 0.29) is 0 Å². The smallest absolute Gasteiger partial charge is 0.312 e. The molecule has 1 aliphatic rings. The highest BCUT2D eigenvalue weighted by Gasteiger charge is 2.41. The Hall–Kier alpha value is -0.540. The van der Waals surface area contributed by atoms with Gasteiger partial charge in [-0.2, -0.15) is 0 Å². The van der Waals surface area contributed by atoms with E-state index in [2.05, 4.69) is 0 Å². The molecule has 0 spiro atoms. The zero-order chi connectivity index (χ0) is 9.03. The summed E-state index contributed by atoms with van der Waals surface area (Å²) in [5.41, 5.74) is 0.619. The molecule has 1 aliphatic heterocycles. The lowest BCUT2D eigenvalue weighted by atomic mass is 9.84. The van der Waals surface area contributed by atoms with Crippen LogP contribution in [-0.4, -0.2) is 24.3 Å². The van der Waals surface area contributed by atoms with Gasteiger partial charge < -0.3 is 9.84 Å². The van der Waals surface area contributed by atoms with Crippen molar-refractivity contribution < 1.29 is 14.6 Å². The molecule has 1 fully saturated rings. The lowest BCUT2D eigenvalue weighted by Crippen LogP contribution is -2.30. The third kappa shape index (κ3) is 1.79. The van der Waals surface area contributed by atoms with Crippen molar-refractivity contribution >= 4 is 17.6 Å². The molecule has 0 aromatic carbocycles. The molecule has 0 bridgehead atoms. The summed E-state index contributed by atoms with van der Waals surface area (Å²) in [7, 11) is 0. The van der Waals surface area contributed by atoms with Crippen molar-refractivity contribution in [2.75, 3.05) is 13.2 Å². The van der Waals surface area contributed by atoms with Gasteiger partial charge in [0.2, 0.25) is 0 Å². The van der Waals surface area contributed by atoms with Crippen molar-refractivity contribution in [3.05, 3.63) is 11.6 Å². The van der Waals surface area contributed by atoms with Crippen molar-refractivity contribution in [2.24, 2.45) is 5.41 Å². The molecule has 3 nitrogen and oxygen atoms in total. The van der Waals surface area contributed by atoms with E-state index >= 15 is 0 Å². The predicted octanol–water partition coefficient (Wildman–Crippen LogP) is 1.62. The first kappa shape index (κ1) is 9.55. The molecule has 1 unspecified atom stereocenters. The number of ether oxygens (including phenoxy) is 1. The van der Waals surface area contributed by atoms with Crippen LogP contribution in [0.2, 0.25) is 0 Å². The first-order chi connectivity index (χ1) is 5.71. The maximum atomic E-state index is 10.9. The summed E-state index contributed by atoms with van der Waals surface area (Å²) in [6.45, 7) is 0.825. The molecule has 0 amide bonds. The number of aliphatic carboxylic acids is 1. The summed E-state index contributed by atoms with van der Waals surface area (Å²) in [6.07, 6.45) is 2.68. The highest BCUT2D eigenvalue weighted by Crippen LogP contribution is 2.33. The van der Waals surface area contributed by atoms with Crippen molar-refractivity contribution in [2.45, 2.75) is 12.8 Å². The van der Waals surface area contributed by atoms with Crippen molar-refractivity contribution in [3.8, 4) is 0 Å². The van der Waals surface area contributed by atoms with Gasteiger partial charge in [0.15, 0.2) is 0 Å². The number of halogens is 1. The number of hydrogen-bond acceptors (Lipinski definition) is 2. The van der Waals surface area contributed by atoms with Gasteiger partial charge in [0, 0.05) is 12.1 Å². The summed E-state index contributed by atoms with van der Waals surface area (Å²) < 4.78 is 5.06. The largest absolute Gasteiger partial charge is 0.481 e. The van der Waals surface area contributed by atoms with Crippen molar-refractivity contribution in [1.82, 2.24) is 0 Å². The molecular formula is C8H11ClO3. The Morgan fingerprint density at radius 2 is 2.50 bits per heavy atom. The topological polar surface area (TPSA) is 46.5 Å². The van der Waals surface area contributed by atoms with Gasteiger partial charge in [-0.3, -0.25) is 4.79 Å². The monoisotopic (exact) mass is 190 g/mol. The minimum absolute atomic E-state index is 0.295. The summed E-state index contributed by atoms with van der Waals surface area (Å²) in [5.74, 6) is -0.797. The Morgan fingerprint density at radius 3 is 2.92 bits per heavy atom. The lowest BCUT2D eigenvalue weighted by molar-refractivity contribution is -0.148. The van der Waals surface area contributed by atoms with Crippen LogP contribution in [0.4, 0.5) is 0 Å². The van der Waals surface area contributed by atoms with E-state index in [1.54, 1.807) is 6.08 Å². The zero-order valence-electron chi connectivity index (χ0n) is 6.62. The van der Waals surface area contributed by atoms with Crippen LogP contribution in [0.1, 0.15) is 12.8 Å². The minimum Gasteiger partial charge on any atom is -0.481 e. The van der Waals surface area contributed by atoms with Gasteiger partial charge in [-0.05, 0) is 12.8 Å². The van der Waals surface area contributed by atoms with Crippen LogP contribution in [0.15, 0.2) is 11.6 Å². The van der Waals surface area contributed by atoms with E-state index in [1.807, 2.05) is 0 Å². The molecule has 12 heavy (non-hydrogen) atoms. The second-order valence-electron chi connectivity index (χ2n) is 2.95. The Bertz CT molecular complexity index is 194. The highest BCUT2D eigenvalue weighted by atomic mass is 35.5. The van der Waals surface area contributed by atoms with E-state index in [9.17, 15) is 4.79 Å². The Balaban J connectivity index is 2.65. The molecule has 68 valence electrons. The molecule has 0 aromatic rings. The van der Waals surface area contributed by atoms with Crippen LogP contribution in [0.5, 0.6) is 0 Å². The van der Waals surface area contributed by atoms with Gasteiger partial charge in [0.25, 0.3) is 0 Å². The molecule has 0 saturated carbocycles. The minimum atomic E-state index is -0.797. The number of carboxylic acids is 1. The standard InChI is InChI=1S/C8H11ClO3/c9-4-1-2-8(7(10)11)3-5-12-6-8/h1,4H,2-3,5-6H2,(H,10,11)/b4-1+. The molecule has 1 N–H and O–H groups in total. The van der Waals surface area contributed by atoms with Gasteiger partial charge in [-0.1, -0.05) is 17.7 Å². The summed E-state index contributed by atoms with van der Waals surface area (Å²) >= 11 is 5.33. The normalized spacial score (nSPS) is 29.8. The van der Waals surface area contributed by atoms with Gasteiger partial charge in [-0.15, -0.1) is 0 Å². The number of allylic oxidation sites excluding steroid dienone is 1. The van der Waals surface area contributed by atoms with Crippen molar-refractivity contribution in [3.63, 3.8) is 0 Å². The molecule has 1 rings (SSSR count). The van der Waals surface area contributed by atoms with E-state index < -0.39 is 11.4 Å². The van der Waals surface area contributed by atoms with Crippen LogP contribution in [-0.2, 0) is 9.53 Å². The average molecular weight is 191 g/mol. The molecule has 1 saturated heterocycles. The van der Waals surface area contributed by atoms with E-state index in [4.69, 9.17) is 21.4 Å². The summed E-state index contributed by atoms with van der Waals surface area (Å²) in [6, 6.07) is 0. The number of rotatable bonds is 3. The molecule has 4 heteroatoms. The Kier molecular flexibility index (Phi) is 3.12. The summed E-state index contributed by atoms with van der Waals surface area (Å²) in [4.78, 5) is 10.9. The van der Waals surface area contributed by atoms with Gasteiger partial charge >= 0.3 is 5.97 Å².